The van der Waals surface area contributed by atoms with Crippen molar-refractivity contribution in [3.8, 4) is 0 Å². The van der Waals surface area contributed by atoms with Gasteiger partial charge in [-0.1, -0.05) is 34.6 Å². The summed E-state index contributed by atoms with van der Waals surface area (Å²) in [4.78, 5) is 32.1. The van der Waals surface area contributed by atoms with Crippen LogP contribution in [0.5, 0.6) is 0 Å². The van der Waals surface area contributed by atoms with E-state index in [0.29, 0.717) is 36.4 Å². The standard InChI is InChI=1S/C29H50N6O/c1-6-25-19-32(8-3)20-26(7-2)35(25)29-30-17-24(18-31-29)23-9-11-27(12-10-23)34-15-13-33(14-16-34)21-28(36)22(4)5/h17-18,22-23,25-27H,6-16,19-21H2,1-5H3/t23-,25?,26?,27-. The van der Waals surface area contributed by atoms with Crippen LogP contribution in [-0.4, -0.2) is 101 Å². The normalized spacial score (nSPS) is 29.1. The minimum Gasteiger partial charge on any atom is -0.332 e. The number of carbonyl (C=O) groups is 1. The molecule has 1 saturated carbocycles. The fourth-order valence-corrected chi connectivity index (χ4v) is 6.52. The lowest BCUT2D eigenvalue weighted by Gasteiger charge is -2.46. The number of nitrogens with zero attached hydrogens (tertiary/aromatic N) is 6. The molecule has 202 valence electrons. The van der Waals surface area contributed by atoms with Crippen molar-refractivity contribution in [1.29, 1.82) is 0 Å². The largest absolute Gasteiger partial charge is 0.332 e. The molecule has 3 fully saturated rings. The highest BCUT2D eigenvalue weighted by Gasteiger charge is 2.34. The molecule has 0 N–H and O–H groups in total. The minimum absolute atomic E-state index is 0.142. The molecule has 7 heteroatoms. The van der Waals surface area contributed by atoms with Gasteiger partial charge in [0.1, 0.15) is 5.78 Å². The predicted octanol–water partition coefficient (Wildman–Crippen LogP) is 4.04. The highest BCUT2D eigenvalue weighted by atomic mass is 16.1. The van der Waals surface area contributed by atoms with Crippen molar-refractivity contribution in [2.24, 2.45) is 5.92 Å². The van der Waals surface area contributed by atoms with Gasteiger partial charge in [0.15, 0.2) is 0 Å². The van der Waals surface area contributed by atoms with Gasteiger partial charge in [-0.3, -0.25) is 19.5 Å². The molecule has 0 aromatic carbocycles. The number of likely N-dealkylation sites (N-methyl/N-ethyl adjacent to an activating group) is 1. The van der Waals surface area contributed by atoms with Crippen LogP contribution in [0.15, 0.2) is 12.4 Å². The Morgan fingerprint density at radius 1 is 0.889 bits per heavy atom. The maximum absolute atomic E-state index is 12.1. The third kappa shape index (κ3) is 6.46. The fourth-order valence-electron chi connectivity index (χ4n) is 6.52. The van der Waals surface area contributed by atoms with Crippen molar-refractivity contribution in [2.45, 2.75) is 97.2 Å². The summed E-state index contributed by atoms with van der Waals surface area (Å²) in [7, 11) is 0. The molecule has 7 nitrogen and oxygen atoms in total. The van der Waals surface area contributed by atoms with E-state index in [1.165, 1.54) is 31.2 Å². The van der Waals surface area contributed by atoms with Gasteiger partial charge in [-0.25, -0.2) is 9.97 Å². The second-order valence-corrected chi connectivity index (χ2v) is 11.6. The zero-order valence-corrected chi connectivity index (χ0v) is 23.5. The lowest BCUT2D eigenvalue weighted by molar-refractivity contribution is -0.123. The van der Waals surface area contributed by atoms with Crippen molar-refractivity contribution in [3.63, 3.8) is 0 Å². The number of piperazine rings is 2. The van der Waals surface area contributed by atoms with Gasteiger partial charge in [-0.15, -0.1) is 0 Å². The number of rotatable bonds is 9. The average molecular weight is 499 g/mol. The zero-order valence-electron chi connectivity index (χ0n) is 23.5. The lowest BCUT2D eigenvalue weighted by Crippen LogP contribution is -2.59. The summed E-state index contributed by atoms with van der Waals surface area (Å²) < 4.78 is 0. The summed E-state index contributed by atoms with van der Waals surface area (Å²) in [5.41, 5.74) is 1.32. The van der Waals surface area contributed by atoms with E-state index in [1.807, 2.05) is 13.8 Å². The Labute approximate surface area is 219 Å². The summed E-state index contributed by atoms with van der Waals surface area (Å²) in [5, 5.41) is 0. The van der Waals surface area contributed by atoms with E-state index in [9.17, 15) is 4.79 Å². The number of hydrogen-bond donors (Lipinski definition) is 0. The third-order valence-corrected chi connectivity index (χ3v) is 9.12. The van der Waals surface area contributed by atoms with Crippen molar-refractivity contribution in [3.05, 3.63) is 18.0 Å². The van der Waals surface area contributed by atoms with E-state index in [4.69, 9.17) is 9.97 Å². The van der Waals surface area contributed by atoms with Crippen LogP contribution in [0.25, 0.3) is 0 Å². The molecule has 2 unspecified atom stereocenters. The molecule has 2 atom stereocenters. The maximum Gasteiger partial charge on any atom is 0.225 e. The molecule has 2 saturated heterocycles. The van der Waals surface area contributed by atoms with Gasteiger partial charge in [-0.05, 0) is 56.6 Å². The molecule has 0 radical (unpaired) electrons. The summed E-state index contributed by atoms with van der Waals surface area (Å²) in [6.07, 6.45) is 11.5. The molecule has 1 aromatic rings. The fraction of sp³-hybridized carbons (Fsp3) is 0.828. The molecular formula is C29H50N6O. The molecule has 0 amide bonds. The van der Waals surface area contributed by atoms with Crippen molar-refractivity contribution < 1.29 is 4.79 Å². The zero-order chi connectivity index (χ0) is 25.7. The van der Waals surface area contributed by atoms with Gasteiger partial charge in [0.05, 0.1) is 6.54 Å². The smallest absolute Gasteiger partial charge is 0.225 e. The topological polar surface area (TPSA) is 55.8 Å². The number of anilines is 1. The van der Waals surface area contributed by atoms with E-state index in [1.54, 1.807) is 0 Å². The molecule has 0 spiro atoms. The highest BCUT2D eigenvalue weighted by molar-refractivity contribution is 5.82. The van der Waals surface area contributed by atoms with Crippen LogP contribution in [0.2, 0.25) is 0 Å². The van der Waals surface area contributed by atoms with Crippen LogP contribution in [0.3, 0.4) is 0 Å². The van der Waals surface area contributed by atoms with Crippen molar-refractivity contribution in [2.75, 3.05) is 57.3 Å². The first-order valence-electron chi connectivity index (χ1n) is 14.7. The molecule has 3 aliphatic rings. The average Bonchev–Trinajstić information content (AvgIpc) is 2.92. The Hall–Kier alpha value is -1.57. The minimum atomic E-state index is 0.142. The van der Waals surface area contributed by atoms with E-state index in [-0.39, 0.29) is 5.92 Å². The number of ketones is 1. The van der Waals surface area contributed by atoms with Gasteiger partial charge in [0.2, 0.25) is 5.95 Å². The van der Waals surface area contributed by atoms with Crippen molar-refractivity contribution in [1.82, 2.24) is 24.7 Å². The van der Waals surface area contributed by atoms with E-state index in [0.717, 1.165) is 64.6 Å². The molecule has 1 aromatic heterocycles. The Morgan fingerprint density at radius 2 is 1.47 bits per heavy atom. The Bertz CT molecular complexity index is 800. The first kappa shape index (κ1) is 27.5. The first-order chi connectivity index (χ1) is 17.4. The number of carbonyl (C=O) groups excluding carboxylic acids is 1. The second-order valence-electron chi connectivity index (χ2n) is 11.6. The number of hydrogen-bond acceptors (Lipinski definition) is 7. The van der Waals surface area contributed by atoms with Crippen LogP contribution < -0.4 is 4.90 Å². The Morgan fingerprint density at radius 3 is 1.97 bits per heavy atom. The van der Waals surface area contributed by atoms with Crippen molar-refractivity contribution >= 4 is 11.7 Å². The molecule has 1 aliphatic carbocycles. The quantitative estimate of drug-likeness (QED) is 0.509. The molecular weight excluding hydrogens is 448 g/mol. The van der Waals surface area contributed by atoms with Gasteiger partial charge in [-0.2, -0.15) is 0 Å². The van der Waals surface area contributed by atoms with Crippen LogP contribution in [-0.2, 0) is 4.79 Å². The summed E-state index contributed by atoms with van der Waals surface area (Å²) in [6.45, 7) is 19.1. The highest BCUT2D eigenvalue weighted by Crippen LogP contribution is 2.35. The van der Waals surface area contributed by atoms with Gasteiger partial charge >= 0.3 is 0 Å². The monoisotopic (exact) mass is 498 g/mol. The molecule has 36 heavy (non-hydrogen) atoms. The van der Waals surface area contributed by atoms with Crippen LogP contribution in [0.4, 0.5) is 5.95 Å². The van der Waals surface area contributed by atoms with Gasteiger partial charge < -0.3 is 4.90 Å². The third-order valence-electron chi connectivity index (χ3n) is 9.12. The van der Waals surface area contributed by atoms with Gasteiger partial charge in [0.25, 0.3) is 0 Å². The second kappa shape index (κ2) is 12.8. The number of Topliss-reactive ketones (excluding diaryl/α,β-unsaturated/α-hetero) is 1. The van der Waals surface area contributed by atoms with Gasteiger partial charge in [0, 0.05) is 75.7 Å². The molecule has 4 rings (SSSR count). The Kier molecular flexibility index (Phi) is 9.76. The van der Waals surface area contributed by atoms with E-state index >= 15 is 0 Å². The molecule has 2 aliphatic heterocycles. The summed E-state index contributed by atoms with van der Waals surface area (Å²) in [6, 6.07) is 1.68. The number of aromatic nitrogens is 2. The summed E-state index contributed by atoms with van der Waals surface area (Å²) in [5.74, 6) is 2.02. The van der Waals surface area contributed by atoms with E-state index < -0.39 is 0 Å². The molecule has 0 bridgehead atoms. The Balaban J connectivity index is 1.28. The SMILES string of the molecule is CCC1CN(CC)CC(CC)N1c1ncc([C@H]2CC[C@H](N3CCN(CC(=O)C(C)C)CC3)CC2)cn1. The maximum atomic E-state index is 12.1. The predicted molar refractivity (Wildman–Crippen MR) is 148 cm³/mol. The summed E-state index contributed by atoms with van der Waals surface area (Å²) >= 11 is 0. The van der Waals surface area contributed by atoms with Crippen LogP contribution in [0.1, 0.15) is 84.6 Å². The van der Waals surface area contributed by atoms with Crippen LogP contribution >= 0.6 is 0 Å². The van der Waals surface area contributed by atoms with Crippen LogP contribution in [0, 0.1) is 5.92 Å². The lowest BCUT2D eigenvalue weighted by atomic mass is 9.82. The first-order valence-corrected chi connectivity index (χ1v) is 14.7. The molecule has 3 heterocycles. The van der Waals surface area contributed by atoms with E-state index in [2.05, 4.69) is 52.8 Å².